The number of nitrogens with one attached hydrogen (secondary N) is 3. The van der Waals surface area contributed by atoms with E-state index in [9.17, 15) is 9.18 Å². The maximum absolute atomic E-state index is 14.1. The third-order valence-electron chi connectivity index (χ3n) is 3.30. The monoisotopic (exact) mass is 364 g/mol. The SMILES string of the molecule is CC(C)c1cc(F)cc(-c2cccnc2)c1NC(=S)NC(=O)NS. The van der Waals surface area contributed by atoms with Gasteiger partial charge in [-0.3, -0.25) is 15.0 Å². The van der Waals surface area contributed by atoms with Gasteiger partial charge in [-0.25, -0.2) is 9.18 Å². The van der Waals surface area contributed by atoms with Crippen molar-refractivity contribution in [3.8, 4) is 11.1 Å². The molecule has 3 N–H and O–H groups in total. The number of pyridine rings is 1. The van der Waals surface area contributed by atoms with Gasteiger partial charge in [-0.2, -0.15) is 0 Å². The summed E-state index contributed by atoms with van der Waals surface area (Å²) in [5.41, 5.74) is 2.72. The fraction of sp³-hybridized carbons (Fsp3) is 0.188. The van der Waals surface area contributed by atoms with Crippen molar-refractivity contribution < 1.29 is 9.18 Å². The topological polar surface area (TPSA) is 66.0 Å². The van der Waals surface area contributed by atoms with E-state index in [4.69, 9.17) is 12.2 Å². The lowest BCUT2D eigenvalue weighted by Crippen LogP contribution is -2.38. The van der Waals surface area contributed by atoms with Gasteiger partial charge in [0, 0.05) is 23.5 Å². The fourth-order valence-corrected chi connectivity index (χ4v) is 2.50. The molecule has 0 aliphatic rings. The summed E-state index contributed by atoms with van der Waals surface area (Å²) in [6.07, 6.45) is 3.28. The van der Waals surface area contributed by atoms with Gasteiger partial charge in [0.25, 0.3) is 0 Å². The van der Waals surface area contributed by atoms with Gasteiger partial charge >= 0.3 is 6.03 Å². The van der Waals surface area contributed by atoms with E-state index in [0.29, 0.717) is 11.3 Å². The number of halogens is 1. The number of urea groups is 1. The summed E-state index contributed by atoms with van der Waals surface area (Å²) in [4.78, 5) is 15.4. The maximum atomic E-state index is 14.1. The minimum Gasteiger partial charge on any atom is -0.332 e. The Morgan fingerprint density at radius 2 is 2.12 bits per heavy atom. The molecule has 0 spiro atoms. The van der Waals surface area contributed by atoms with Crippen LogP contribution in [0.15, 0.2) is 36.7 Å². The highest BCUT2D eigenvalue weighted by Crippen LogP contribution is 2.35. The molecule has 0 fully saturated rings. The number of carbonyl (C=O) groups is 1. The number of carbonyl (C=O) groups excluding carboxylic acids is 1. The van der Waals surface area contributed by atoms with Crippen LogP contribution < -0.4 is 15.4 Å². The van der Waals surface area contributed by atoms with Gasteiger partial charge in [-0.1, -0.05) is 32.7 Å². The molecular weight excluding hydrogens is 347 g/mol. The highest BCUT2D eigenvalue weighted by molar-refractivity contribution is 7.80. The molecule has 24 heavy (non-hydrogen) atoms. The van der Waals surface area contributed by atoms with Crippen LogP contribution in [0.2, 0.25) is 0 Å². The summed E-state index contributed by atoms with van der Waals surface area (Å²) in [6, 6.07) is 5.89. The Labute approximate surface area is 150 Å². The molecule has 2 amide bonds. The molecule has 1 aromatic carbocycles. The van der Waals surface area contributed by atoms with Crippen molar-refractivity contribution in [2.45, 2.75) is 19.8 Å². The molecule has 0 aliphatic heterocycles. The second-order valence-electron chi connectivity index (χ2n) is 5.33. The Morgan fingerprint density at radius 3 is 2.71 bits per heavy atom. The van der Waals surface area contributed by atoms with E-state index in [1.807, 2.05) is 19.9 Å². The van der Waals surface area contributed by atoms with Gasteiger partial charge in [-0.15, -0.1) is 0 Å². The van der Waals surface area contributed by atoms with Crippen LogP contribution >= 0.6 is 25.0 Å². The first kappa shape index (κ1) is 18.2. The zero-order valence-electron chi connectivity index (χ0n) is 13.1. The molecule has 1 heterocycles. The van der Waals surface area contributed by atoms with Crippen LogP contribution in [0.5, 0.6) is 0 Å². The minimum atomic E-state index is -0.563. The quantitative estimate of drug-likeness (QED) is 0.493. The normalized spacial score (nSPS) is 10.4. The predicted molar refractivity (Wildman–Crippen MR) is 101 cm³/mol. The molecule has 0 bridgehead atoms. The number of amides is 2. The van der Waals surface area contributed by atoms with Crippen LogP contribution in [-0.4, -0.2) is 16.1 Å². The number of hydrogen-bond donors (Lipinski definition) is 4. The van der Waals surface area contributed by atoms with E-state index in [2.05, 4.69) is 33.2 Å². The lowest BCUT2D eigenvalue weighted by atomic mass is 9.94. The highest BCUT2D eigenvalue weighted by Gasteiger charge is 2.17. The largest absolute Gasteiger partial charge is 0.332 e. The molecule has 0 aliphatic carbocycles. The third-order valence-corrected chi connectivity index (χ3v) is 3.70. The van der Waals surface area contributed by atoms with Crippen LogP contribution in [-0.2, 0) is 0 Å². The molecule has 0 atom stereocenters. The highest BCUT2D eigenvalue weighted by atomic mass is 32.1. The van der Waals surface area contributed by atoms with Gasteiger partial charge < -0.3 is 5.32 Å². The number of thiocarbonyl (C=S) groups is 1. The fourth-order valence-electron chi connectivity index (χ4n) is 2.25. The van der Waals surface area contributed by atoms with Crippen molar-refractivity contribution in [3.05, 3.63) is 48.0 Å². The molecule has 0 radical (unpaired) electrons. The van der Waals surface area contributed by atoms with Gasteiger partial charge in [0.1, 0.15) is 5.82 Å². The number of aromatic nitrogens is 1. The zero-order chi connectivity index (χ0) is 17.7. The van der Waals surface area contributed by atoms with Gasteiger partial charge in [0.15, 0.2) is 5.11 Å². The lowest BCUT2D eigenvalue weighted by molar-refractivity contribution is 0.251. The molecule has 2 rings (SSSR count). The van der Waals surface area contributed by atoms with E-state index >= 15 is 0 Å². The second kappa shape index (κ2) is 8.07. The van der Waals surface area contributed by atoms with E-state index in [1.165, 1.54) is 12.1 Å². The first-order valence-electron chi connectivity index (χ1n) is 7.18. The molecule has 0 saturated carbocycles. The molecule has 1 aromatic heterocycles. The van der Waals surface area contributed by atoms with Crippen molar-refractivity contribution in [2.75, 3.05) is 5.32 Å². The summed E-state index contributed by atoms with van der Waals surface area (Å²) >= 11 is 8.79. The molecule has 2 aromatic rings. The van der Waals surface area contributed by atoms with Crippen LogP contribution in [0.25, 0.3) is 11.1 Å². The predicted octanol–water partition coefficient (Wildman–Crippen LogP) is 3.85. The number of thiol groups is 1. The molecule has 5 nitrogen and oxygen atoms in total. The summed E-state index contributed by atoms with van der Waals surface area (Å²) in [5.74, 6) is -0.310. The first-order valence-corrected chi connectivity index (χ1v) is 8.03. The summed E-state index contributed by atoms with van der Waals surface area (Å²) < 4.78 is 16.2. The molecule has 8 heteroatoms. The van der Waals surface area contributed by atoms with Crippen molar-refractivity contribution in [1.29, 1.82) is 0 Å². The first-order chi connectivity index (χ1) is 11.4. The Bertz CT molecular complexity index is 753. The lowest BCUT2D eigenvalue weighted by Gasteiger charge is -2.20. The van der Waals surface area contributed by atoms with E-state index in [-0.39, 0.29) is 16.8 Å². The van der Waals surface area contributed by atoms with Gasteiger partial charge in [0.05, 0.1) is 5.69 Å². The van der Waals surface area contributed by atoms with E-state index in [0.717, 1.165) is 11.1 Å². The Balaban J connectivity index is 2.50. The van der Waals surface area contributed by atoms with Gasteiger partial charge in [0.2, 0.25) is 0 Å². The number of rotatable bonds is 3. The summed E-state index contributed by atoms with van der Waals surface area (Å²) in [6.45, 7) is 3.90. The Kier molecular flexibility index (Phi) is 6.10. The van der Waals surface area contributed by atoms with Gasteiger partial charge in [-0.05, 0) is 41.9 Å². The van der Waals surface area contributed by atoms with Crippen molar-refractivity contribution in [1.82, 2.24) is 15.0 Å². The molecular formula is C16H17FN4OS2. The standard InChI is InChI=1S/C16H17FN4OS2/c1-9(2)12-6-11(17)7-13(10-4-3-5-18-8-10)14(12)19-16(23)20-15(22)21-24/h3-9,24H,1-2H3,(H3,19,20,21,22,23). The molecule has 126 valence electrons. The van der Waals surface area contributed by atoms with Crippen molar-refractivity contribution in [2.24, 2.45) is 0 Å². The summed E-state index contributed by atoms with van der Waals surface area (Å²) in [7, 11) is 0. The van der Waals surface area contributed by atoms with Crippen molar-refractivity contribution in [3.63, 3.8) is 0 Å². The molecule has 0 saturated heterocycles. The maximum Gasteiger partial charge on any atom is 0.330 e. The molecule has 0 unspecified atom stereocenters. The average molecular weight is 364 g/mol. The van der Waals surface area contributed by atoms with Crippen LogP contribution in [0.4, 0.5) is 14.9 Å². The summed E-state index contributed by atoms with van der Waals surface area (Å²) in [5, 5.41) is 5.49. The van der Waals surface area contributed by atoms with E-state index < -0.39 is 6.03 Å². The number of nitrogens with zero attached hydrogens (tertiary/aromatic N) is 1. The second-order valence-corrected chi connectivity index (χ2v) is 5.97. The van der Waals surface area contributed by atoms with Crippen LogP contribution in [0, 0.1) is 5.82 Å². The smallest absolute Gasteiger partial charge is 0.330 e. The van der Waals surface area contributed by atoms with E-state index in [1.54, 1.807) is 18.5 Å². The number of benzene rings is 1. The third kappa shape index (κ3) is 4.42. The zero-order valence-corrected chi connectivity index (χ0v) is 14.8. The average Bonchev–Trinajstić information content (AvgIpc) is 2.56. The minimum absolute atomic E-state index is 0.0418. The van der Waals surface area contributed by atoms with Crippen LogP contribution in [0.3, 0.4) is 0 Å². The Morgan fingerprint density at radius 1 is 1.38 bits per heavy atom. The number of hydrogen-bond acceptors (Lipinski definition) is 4. The van der Waals surface area contributed by atoms with Crippen molar-refractivity contribution >= 4 is 41.9 Å². The Hall–Kier alpha value is -2.19. The number of anilines is 1. The van der Waals surface area contributed by atoms with Crippen LogP contribution in [0.1, 0.15) is 25.3 Å².